The van der Waals surface area contributed by atoms with E-state index in [9.17, 15) is 0 Å². The smallest absolute Gasteiger partial charge is 0.0478 e. The molecule has 0 amide bonds. The van der Waals surface area contributed by atoms with Crippen molar-refractivity contribution in [2.45, 2.75) is 4.90 Å². The molecule has 0 heterocycles. The maximum Gasteiger partial charge on any atom is 0.0478 e. The van der Waals surface area contributed by atoms with E-state index in [4.69, 9.17) is 5.73 Å². The van der Waals surface area contributed by atoms with Crippen LogP contribution in [-0.4, -0.2) is 6.26 Å². The third-order valence-electron chi connectivity index (χ3n) is 2.73. The molecule has 0 aliphatic rings. The molecule has 0 saturated heterocycles. The number of rotatable bonds is 1. The summed E-state index contributed by atoms with van der Waals surface area (Å²) in [4.78, 5) is 1.18. The predicted octanol–water partition coefficient (Wildman–Crippen LogP) is 3.95. The van der Waals surface area contributed by atoms with Crippen LogP contribution in [0.4, 0.5) is 5.69 Å². The van der Waals surface area contributed by atoms with E-state index >= 15 is 0 Å². The van der Waals surface area contributed by atoms with Crippen LogP contribution in [-0.2, 0) is 0 Å². The minimum absolute atomic E-state index is 0.693. The van der Waals surface area contributed by atoms with E-state index in [2.05, 4.69) is 29.7 Å². The van der Waals surface area contributed by atoms with Crippen molar-refractivity contribution in [3.05, 3.63) is 71.8 Å². The first-order chi connectivity index (χ1) is 10.3. The normalized spacial score (nSPS) is 9.57. The fourth-order valence-corrected chi connectivity index (χ4v) is 2.23. The molecular weight excluding hydrogens is 274 g/mol. The van der Waals surface area contributed by atoms with Crippen LogP contribution < -0.4 is 5.73 Å². The van der Waals surface area contributed by atoms with Gasteiger partial charge in [-0.05, 0) is 42.7 Å². The molecule has 2 aromatic rings. The van der Waals surface area contributed by atoms with E-state index in [1.165, 1.54) is 4.90 Å². The number of hydrogen-bond acceptors (Lipinski definition) is 2. The van der Waals surface area contributed by atoms with E-state index in [0.29, 0.717) is 5.69 Å². The van der Waals surface area contributed by atoms with Crippen LogP contribution in [0.15, 0.2) is 65.6 Å². The molecule has 0 atom stereocenters. The van der Waals surface area contributed by atoms with Crippen LogP contribution in [0.3, 0.4) is 0 Å². The summed E-state index contributed by atoms with van der Waals surface area (Å²) in [6, 6.07) is 15.6. The fraction of sp³-hybridized carbons (Fsp3) is 0.0526. The second kappa shape index (κ2) is 7.90. The van der Waals surface area contributed by atoms with E-state index in [0.717, 1.165) is 11.1 Å². The number of allylic oxidation sites excluding steroid dienone is 2. The molecule has 0 aliphatic carbocycles. The summed E-state index contributed by atoms with van der Waals surface area (Å²) in [6.45, 7) is 0. The zero-order valence-electron chi connectivity index (χ0n) is 11.8. The number of thioether (sulfide) groups is 1. The van der Waals surface area contributed by atoms with Gasteiger partial charge in [-0.2, -0.15) is 0 Å². The predicted molar refractivity (Wildman–Crippen MR) is 92.0 cm³/mol. The van der Waals surface area contributed by atoms with Crippen LogP contribution in [0.5, 0.6) is 0 Å². The molecule has 0 spiro atoms. The van der Waals surface area contributed by atoms with Crippen LogP contribution in [0.2, 0.25) is 0 Å². The molecule has 2 aromatic carbocycles. The summed E-state index contributed by atoms with van der Waals surface area (Å²) in [5.41, 5.74) is 8.38. The van der Waals surface area contributed by atoms with Crippen molar-refractivity contribution < 1.29 is 0 Å². The molecule has 102 valence electrons. The van der Waals surface area contributed by atoms with Gasteiger partial charge in [0, 0.05) is 21.7 Å². The van der Waals surface area contributed by atoms with E-state index < -0.39 is 0 Å². The minimum atomic E-state index is 0.693. The summed E-state index contributed by atoms with van der Waals surface area (Å²) < 4.78 is 0. The molecule has 0 radical (unpaired) electrons. The van der Waals surface area contributed by atoms with Crippen molar-refractivity contribution in [3.63, 3.8) is 0 Å². The van der Waals surface area contributed by atoms with Crippen molar-refractivity contribution in [3.8, 4) is 23.7 Å². The number of nitrogens with two attached hydrogens (primary N) is 1. The standard InChI is InChI=1S/C19H15NS/c1-21-19-15-9-7-13-17(19)12-5-3-2-4-10-16-11-6-8-14-18(16)20/h2-3,6-9,11,13-15H,20H2,1H3/b3-2+. The van der Waals surface area contributed by atoms with Crippen LogP contribution in [0.25, 0.3) is 0 Å². The van der Waals surface area contributed by atoms with Crippen LogP contribution in [0, 0.1) is 23.7 Å². The first kappa shape index (κ1) is 14.9. The first-order valence-corrected chi connectivity index (χ1v) is 7.69. The Balaban J connectivity index is 2.05. The van der Waals surface area contributed by atoms with Gasteiger partial charge in [0.1, 0.15) is 0 Å². The second-order valence-corrected chi connectivity index (χ2v) is 5.01. The van der Waals surface area contributed by atoms with Gasteiger partial charge in [0.25, 0.3) is 0 Å². The van der Waals surface area contributed by atoms with E-state index in [1.807, 2.05) is 48.7 Å². The Bertz CT molecular complexity index is 767. The Morgan fingerprint density at radius 2 is 1.43 bits per heavy atom. The SMILES string of the molecule is CSc1ccccc1C#C/C=C/C#Cc1ccccc1N. The topological polar surface area (TPSA) is 26.0 Å². The highest BCUT2D eigenvalue weighted by atomic mass is 32.2. The number of benzene rings is 2. The minimum Gasteiger partial charge on any atom is -0.398 e. The van der Waals surface area contributed by atoms with Gasteiger partial charge in [-0.1, -0.05) is 47.9 Å². The Morgan fingerprint density at radius 3 is 2.10 bits per heavy atom. The largest absolute Gasteiger partial charge is 0.398 e. The van der Waals surface area contributed by atoms with Crippen LogP contribution in [0.1, 0.15) is 11.1 Å². The molecule has 0 fully saturated rings. The lowest BCUT2D eigenvalue weighted by molar-refractivity contribution is 1.42. The third-order valence-corrected chi connectivity index (χ3v) is 3.53. The number of anilines is 1. The Kier molecular flexibility index (Phi) is 5.59. The van der Waals surface area contributed by atoms with E-state index in [-0.39, 0.29) is 0 Å². The second-order valence-electron chi connectivity index (χ2n) is 4.16. The highest BCUT2D eigenvalue weighted by Gasteiger charge is 1.94. The van der Waals surface area contributed by atoms with Gasteiger partial charge >= 0.3 is 0 Å². The Labute approximate surface area is 130 Å². The summed E-state index contributed by atoms with van der Waals surface area (Å²) in [6.07, 6.45) is 5.54. The fourth-order valence-electron chi connectivity index (χ4n) is 1.68. The lowest BCUT2D eigenvalue weighted by atomic mass is 10.2. The lowest BCUT2D eigenvalue weighted by Crippen LogP contribution is -1.87. The van der Waals surface area contributed by atoms with Crippen molar-refractivity contribution >= 4 is 17.4 Å². The molecule has 21 heavy (non-hydrogen) atoms. The van der Waals surface area contributed by atoms with Gasteiger partial charge in [0.15, 0.2) is 0 Å². The van der Waals surface area contributed by atoms with Gasteiger partial charge in [-0.3, -0.25) is 0 Å². The maximum atomic E-state index is 5.81. The lowest BCUT2D eigenvalue weighted by Gasteiger charge is -1.97. The number of hydrogen-bond donors (Lipinski definition) is 1. The van der Waals surface area contributed by atoms with Crippen molar-refractivity contribution in [1.82, 2.24) is 0 Å². The summed E-state index contributed by atoms with van der Waals surface area (Å²) in [5, 5.41) is 0. The summed E-state index contributed by atoms with van der Waals surface area (Å²) in [5.74, 6) is 12.1. The van der Waals surface area contributed by atoms with Gasteiger partial charge < -0.3 is 5.73 Å². The molecule has 2 rings (SSSR count). The van der Waals surface area contributed by atoms with E-state index in [1.54, 1.807) is 23.9 Å². The van der Waals surface area contributed by atoms with Crippen molar-refractivity contribution in [2.24, 2.45) is 0 Å². The summed E-state index contributed by atoms with van der Waals surface area (Å²) in [7, 11) is 0. The van der Waals surface area contributed by atoms with Gasteiger partial charge in [0.05, 0.1) is 0 Å². The Morgan fingerprint density at radius 1 is 0.857 bits per heavy atom. The maximum absolute atomic E-state index is 5.81. The molecule has 2 N–H and O–H groups in total. The molecule has 0 aliphatic heterocycles. The molecule has 0 saturated carbocycles. The van der Waals surface area contributed by atoms with Crippen LogP contribution >= 0.6 is 11.8 Å². The van der Waals surface area contributed by atoms with Crippen molar-refractivity contribution in [2.75, 3.05) is 12.0 Å². The monoisotopic (exact) mass is 289 g/mol. The zero-order valence-corrected chi connectivity index (χ0v) is 12.6. The van der Waals surface area contributed by atoms with Gasteiger partial charge in [-0.15, -0.1) is 11.8 Å². The Hall–Kier alpha value is -2.55. The number of nitrogen functional groups attached to an aromatic ring is 1. The average molecular weight is 289 g/mol. The summed E-state index contributed by atoms with van der Waals surface area (Å²) >= 11 is 1.69. The zero-order chi connectivity index (χ0) is 14.9. The quantitative estimate of drug-likeness (QED) is 0.489. The highest BCUT2D eigenvalue weighted by Crippen LogP contribution is 2.18. The first-order valence-electron chi connectivity index (χ1n) is 6.47. The molecule has 1 nitrogen and oxygen atoms in total. The third kappa shape index (κ3) is 4.49. The highest BCUT2D eigenvalue weighted by molar-refractivity contribution is 7.98. The van der Waals surface area contributed by atoms with Crippen molar-refractivity contribution in [1.29, 1.82) is 0 Å². The van der Waals surface area contributed by atoms with Gasteiger partial charge in [-0.25, -0.2) is 0 Å². The molecule has 0 unspecified atom stereocenters. The molecule has 0 aromatic heterocycles. The molecule has 2 heteroatoms. The molecule has 0 bridgehead atoms. The molecular formula is C19H15NS. The average Bonchev–Trinajstić information content (AvgIpc) is 2.52. The number of para-hydroxylation sites is 1. The van der Waals surface area contributed by atoms with Gasteiger partial charge in [0.2, 0.25) is 0 Å².